The van der Waals surface area contributed by atoms with Crippen molar-refractivity contribution in [2.24, 2.45) is 7.05 Å². The van der Waals surface area contributed by atoms with E-state index in [0.717, 1.165) is 12.2 Å². The van der Waals surface area contributed by atoms with Crippen LogP contribution in [0.15, 0.2) is 47.4 Å². The smallest absolute Gasteiger partial charge is 0.223 e. The number of aromatic hydroxyl groups is 1. The van der Waals surface area contributed by atoms with Gasteiger partial charge in [0.15, 0.2) is 5.75 Å². The van der Waals surface area contributed by atoms with Crippen molar-refractivity contribution in [1.29, 1.82) is 0 Å². The Morgan fingerprint density at radius 3 is 2.48 bits per heavy atom. The van der Waals surface area contributed by atoms with Gasteiger partial charge in [-0.15, -0.1) is 0 Å². The van der Waals surface area contributed by atoms with Crippen molar-refractivity contribution >= 4 is 0 Å². The second-order valence-corrected chi connectivity index (χ2v) is 5.61. The highest BCUT2D eigenvalue weighted by Gasteiger charge is 2.13. The standard InChI is InChI=1S/C17H22N2O2/c1-13(2)19(10-14-7-5-4-6-8-14)11-15-9-16(20)17(21)12-18(15)3/h4-9,12-13,21H,10-11H2,1-3H3. The summed E-state index contributed by atoms with van der Waals surface area (Å²) in [6, 6.07) is 12.1. The van der Waals surface area contributed by atoms with Crippen LogP contribution in [0.5, 0.6) is 5.75 Å². The molecule has 0 aliphatic carbocycles. The third kappa shape index (κ3) is 3.95. The molecule has 0 radical (unpaired) electrons. The van der Waals surface area contributed by atoms with Gasteiger partial charge in [0.05, 0.1) is 0 Å². The van der Waals surface area contributed by atoms with Crippen molar-refractivity contribution in [2.45, 2.75) is 33.0 Å². The van der Waals surface area contributed by atoms with Crippen molar-refractivity contribution in [1.82, 2.24) is 9.47 Å². The maximum absolute atomic E-state index is 11.6. The monoisotopic (exact) mass is 286 g/mol. The van der Waals surface area contributed by atoms with Gasteiger partial charge in [-0.3, -0.25) is 9.69 Å². The van der Waals surface area contributed by atoms with E-state index in [9.17, 15) is 9.90 Å². The lowest BCUT2D eigenvalue weighted by Crippen LogP contribution is -2.31. The van der Waals surface area contributed by atoms with Gasteiger partial charge in [0.25, 0.3) is 0 Å². The van der Waals surface area contributed by atoms with Gasteiger partial charge in [-0.05, 0) is 19.4 Å². The molecule has 0 aliphatic heterocycles. The largest absolute Gasteiger partial charge is 0.503 e. The summed E-state index contributed by atoms with van der Waals surface area (Å²) in [6.07, 6.45) is 1.47. The lowest BCUT2D eigenvalue weighted by molar-refractivity contribution is 0.198. The summed E-state index contributed by atoms with van der Waals surface area (Å²) >= 11 is 0. The molecule has 2 aromatic rings. The summed E-state index contributed by atoms with van der Waals surface area (Å²) in [5, 5.41) is 9.46. The average molecular weight is 286 g/mol. The Balaban J connectivity index is 2.21. The first-order valence-corrected chi connectivity index (χ1v) is 7.14. The minimum Gasteiger partial charge on any atom is -0.503 e. The highest BCUT2D eigenvalue weighted by atomic mass is 16.3. The Hall–Kier alpha value is -2.07. The first kappa shape index (κ1) is 15.3. The Labute approximate surface area is 125 Å². The molecule has 2 rings (SSSR count). The summed E-state index contributed by atoms with van der Waals surface area (Å²) in [7, 11) is 1.84. The summed E-state index contributed by atoms with van der Waals surface area (Å²) in [5.74, 6) is -0.208. The summed E-state index contributed by atoms with van der Waals surface area (Å²) in [5.41, 5.74) is 1.81. The topological polar surface area (TPSA) is 45.5 Å². The molecule has 4 nitrogen and oxygen atoms in total. The third-order valence-electron chi connectivity index (χ3n) is 3.64. The molecule has 0 saturated carbocycles. The zero-order chi connectivity index (χ0) is 15.4. The minimum atomic E-state index is -0.327. The van der Waals surface area contributed by atoms with E-state index in [4.69, 9.17) is 0 Å². The molecule has 0 spiro atoms. The number of pyridine rings is 1. The van der Waals surface area contributed by atoms with E-state index in [-0.39, 0.29) is 11.2 Å². The van der Waals surface area contributed by atoms with Crippen molar-refractivity contribution in [3.8, 4) is 5.75 Å². The zero-order valence-electron chi connectivity index (χ0n) is 12.8. The van der Waals surface area contributed by atoms with Crippen molar-refractivity contribution in [2.75, 3.05) is 0 Å². The Morgan fingerprint density at radius 2 is 1.86 bits per heavy atom. The predicted molar refractivity (Wildman–Crippen MR) is 84.2 cm³/mol. The Kier molecular flexibility index (Phi) is 4.81. The molecule has 0 saturated heterocycles. The molecular weight excluding hydrogens is 264 g/mol. The minimum absolute atomic E-state index is 0.208. The highest BCUT2D eigenvalue weighted by molar-refractivity contribution is 5.20. The number of nitrogens with zero attached hydrogens (tertiary/aromatic N) is 2. The highest BCUT2D eigenvalue weighted by Crippen LogP contribution is 2.13. The molecule has 0 amide bonds. The lowest BCUT2D eigenvalue weighted by Gasteiger charge is -2.27. The van der Waals surface area contributed by atoms with Gasteiger partial charge >= 0.3 is 0 Å². The van der Waals surface area contributed by atoms with Gasteiger partial charge in [-0.1, -0.05) is 30.3 Å². The van der Waals surface area contributed by atoms with Crippen molar-refractivity contribution in [3.05, 3.63) is 64.1 Å². The van der Waals surface area contributed by atoms with Crippen LogP contribution in [-0.4, -0.2) is 20.6 Å². The molecule has 112 valence electrons. The fourth-order valence-corrected chi connectivity index (χ4v) is 2.26. The number of benzene rings is 1. The zero-order valence-corrected chi connectivity index (χ0v) is 12.8. The van der Waals surface area contributed by atoms with Crippen LogP contribution in [0.3, 0.4) is 0 Å². The molecule has 21 heavy (non-hydrogen) atoms. The first-order valence-electron chi connectivity index (χ1n) is 7.14. The molecule has 0 unspecified atom stereocenters. The molecular formula is C17H22N2O2. The van der Waals surface area contributed by atoms with Crippen LogP contribution in [0, 0.1) is 0 Å². The summed E-state index contributed by atoms with van der Waals surface area (Å²) in [4.78, 5) is 13.9. The molecule has 1 heterocycles. The van der Waals surface area contributed by atoms with Crippen LogP contribution < -0.4 is 5.43 Å². The van der Waals surface area contributed by atoms with Crippen LogP contribution in [-0.2, 0) is 20.1 Å². The number of aromatic nitrogens is 1. The van der Waals surface area contributed by atoms with E-state index in [1.54, 1.807) is 4.57 Å². The van der Waals surface area contributed by atoms with E-state index in [1.165, 1.54) is 17.8 Å². The molecule has 1 aromatic heterocycles. The maximum atomic E-state index is 11.6. The summed E-state index contributed by atoms with van der Waals surface area (Å²) in [6.45, 7) is 5.77. The molecule has 0 fully saturated rings. The fraction of sp³-hybridized carbons (Fsp3) is 0.353. The van der Waals surface area contributed by atoms with Gasteiger partial charge in [-0.2, -0.15) is 0 Å². The maximum Gasteiger partial charge on any atom is 0.223 e. The van der Waals surface area contributed by atoms with Crippen LogP contribution in [0.25, 0.3) is 0 Å². The number of hydrogen-bond acceptors (Lipinski definition) is 3. The van der Waals surface area contributed by atoms with Crippen LogP contribution in [0.2, 0.25) is 0 Å². The normalized spacial score (nSPS) is 11.3. The van der Waals surface area contributed by atoms with Crippen LogP contribution in [0.1, 0.15) is 25.1 Å². The lowest BCUT2D eigenvalue weighted by atomic mass is 10.1. The average Bonchev–Trinajstić information content (AvgIpc) is 2.44. The predicted octanol–water partition coefficient (Wildman–Crippen LogP) is 2.50. The third-order valence-corrected chi connectivity index (χ3v) is 3.64. The molecule has 4 heteroatoms. The van der Waals surface area contributed by atoms with Gasteiger partial charge < -0.3 is 9.67 Å². The van der Waals surface area contributed by atoms with E-state index in [0.29, 0.717) is 12.6 Å². The fourth-order valence-electron chi connectivity index (χ4n) is 2.26. The van der Waals surface area contributed by atoms with Crippen molar-refractivity contribution in [3.63, 3.8) is 0 Å². The first-order chi connectivity index (χ1) is 9.97. The van der Waals surface area contributed by atoms with E-state index < -0.39 is 0 Å². The molecule has 1 N–H and O–H groups in total. The molecule has 1 aromatic carbocycles. The van der Waals surface area contributed by atoms with Gasteiger partial charge in [0, 0.05) is 44.1 Å². The van der Waals surface area contributed by atoms with Gasteiger partial charge in [-0.25, -0.2) is 0 Å². The number of aryl methyl sites for hydroxylation is 1. The molecule has 0 aliphatic rings. The number of rotatable bonds is 5. The SMILES string of the molecule is CC(C)N(Cc1ccccc1)Cc1cc(=O)c(O)cn1C. The second kappa shape index (κ2) is 6.59. The molecule has 0 atom stereocenters. The van der Waals surface area contributed by atoms with Crippen LogP contribution >= 0.6 is 0 Å². The second-order valence-electron chi connectivity index (χ2n) is 5.61. The van der Waals surface area contributed by atoms with E-state index in [1.807, 2.05) is 25.2 Å². The van der Waals surface area contributed by atoms with Crippen molar-refractivity contribution < 1.29 is 5.11 Å². The molecule has 0 bridgehead atoms. The Bertz CT molecular complexity index is 648. The number of hydrogen-bond donors (Lipinski definition) is 1. The Morgan fingerprint density at radius 1 is 1.19 bits per heavy atom. The van der Waals surface area contributed by atoms with E-state index >= 15 is 0 Å². The van der Waals surface area contributed by atoms with Crippen LogP contribution in [0.4, 0.5) is 0 Å². The van der Waals surface area contributed by atoms with E-state index in [2.05, 4.69) is 30.9 Å². The quantitative estimate of drug-likeness (QED) is 0.918. The van der Waals surface area contributed by atoms with Gasteiger partial charge in [0.2, 0.25) is 5.43 Å². The summed E-state index contributed by atoms with van der Waals surface area (Å²) < 4.78 is 1.80. The van der Waals surface area contributed by atoms with Gasteiger partial charge in [0.1, 0.15) is 0 Å².